The monoisotopic (exact) mass is 487 g/mol. The van der Waals surface area contributed by atoms with Crippen LogP contribution < -0.4 is 5.32 Å². The molecule has 0 atom stereocenters. The van der Waals surface area contributed by atoms with Gasteiger partial charge in [-0.3, -0.25) is 4.79 Å². The molecule has 0 aromatic heterocycles. The summed E-state index contributed by atoms with van der Waals surface area (Å²) in [5.41, 5.74) is 0.924. The van der Waals surface area contributed by atoms with Gasteiger partial charge in [-0.1, -0.05) is 44.5 Å². The molecular formula is C25H27ClFNO4Si. The van der Waals surface area contributed by atoms with Gasteiger partial charge in [-0.15, -0.1) is 0 Å². The molecule has 0 radical (unpaired) electrons. The smallest absolute Gasteiger partial charge is 0.337 e. The molecule has 0 spiro atoms. The maximum Gasteiger partial charge on any atom is 0.337 e. The van der Waals surface area contributed by atoms with Crippen molar-refractivity contribution < 1.29 is 23.5 Å². The lowest BCUT2D eigenvalue weighted by atomic mass is 10.1. The number of benzene rings is 3. The Kier molecular flexibility index (Phi) is 6.98. The van der Waals surface area contributed by atoms with Crippen LogP contribution in [-0.4, -0.2) is 25.3 Å². The molecular weight excluding hydrogens is 461 g/mol. The van der Waals surface area contributed by atoms with Crippen LogP contribution in [0.5, 0.6) is 0 Å². The Morgan fingerprint density at radius 1 is 1.06 bits per heavy atom. The number of rotatable bonds is 6. The van der Waals surface area contributed by atoms with E-state index in [1.165, 1.54) is 18.2 Å². The Morgan fingerprint density at radius 3 is 2.33 bits per heavy atom. The van der Waals surface area contributed by atoms with Crippen LogP contribution in [0.15, 0.2) is 48.5 Å². The predicted molar refractivity (Wildman–Crippen MR) is 132 cm³/mol. The predicted octanol–water partition coefficient (Wildman–Crippen LogP) is 7.10. The van der Waals surface area contributed by atoms with Crippen molar-refractivity contribution in [3.8, 4) is 0 Å². The van der Waals surface area contributed by atoms with Gasteiger partial charge in [-0.05, 0) is 70.9 Å². The zero-order chi connectivity index (χ0) is 24.6. The third kappa shape index (κ3) is 5.61. The number of amides is 1. The Hall–Kier alpha value is -2.74. The molecule has 0 aliphatic rings. The first-order valence-electron chi connectivity index (χ1n) is 10.5. The summed E-state index contributed by atoms with van der Waals surface area (Å²) in [6.07, 6.45) is 0. The van der Waals surface area contributed by atoms with Gasteiger partial charge in [0.15, 0.2) is 8.32 Å². The number of carboxylic acid groups (broad SMARTS) is 1. The second kappa shape index (κ2) is 9.25. The summed E-state index contributed by atoms with van der Waals surface area (Å²) in [4.78, 5) is 24.7. The van der Waals surface area contributed by atoms with Crippen LogP contribution >= 0.6 is 11.6 Å². The van der Waals surface area contributed by atoms with E-state index in [2.05, 4.69) is 39.2 Å². The molecule has 2 N–H and O–H groups in total. The van der Waals surface area contributed by atoms with Crippen LogP contribution in [0.1, 0.15) is 47.1 Å². The first-order chi connectivity index (χ1) is 15.3. The fraction of sp³-hybridized carbons (Fsp3) is 0.280. The van der Waals surface area contributed by atoms with Crippen molar-refractivity contribution in [2.75, 3.05) is 5.32 Å². The van der Waals surface area contributed by atoms with Gasteiger partial charge in [0.25, 0.3) is 5.91 Å². The average Bonchev–Trinajstić information content (AvgIpc) is 2.72. The zero-order valence-electron chi connectivity index (χ0n) is 19.3. The van der Waals surface area contributed by atoms with E-state index < -0.39 is 20.2 Å². The van der Waals surface area contributed by atoms with Crippen molar-refractivity contribution in [3.05, 3.63) is 76.1 Å². The highest BCUT2D eigenvalue weighted by Crippen LogP contribution is 2.38. The minimum Gasteiger partial charge on any atom is -0.478 e. The summed E-state index contributed by atoms with van der Waals surface area (Å²) in [5.74, 6) is -2.06. The Balaban J connectivity index is 1.91. The second-order valence-electron chi connectivity index (χ2n) is 9.50. The molecule has 0 heterocycles. The number of carboxylic acids is 1. The molecule has 0 fully saturated rings. The molecule has 0 aliphatic carbocycles. The van der Waals surface area contributed by atoms with E-state index in [-0.39, 0.29) is 33.7 Å². The number of carbonyl (C=O) groups is 2. The summed E-state index contributed by atoms with van der Waals surface area (Å²) in [6, 6.07) is 12.0. The molecule has 174 valence electrons. The van der Waals surface area contributed by atoms with Crippen molar-refractivity contribution in [3.63, 3.8) is 0 Å². The second-order valence-corrected chi connectivity index (χ2v) is 14.7. The van der Waals surface area contributed by atoms with E-state index >= 15 is 0 Å². The Labute approximate surface area is 198 Å². The molecule has 33 heavy (non-hydrogen) atoms. The van der Waals surface area contributed by atoms with Gasteiger partial charge in [0, 0.05) is 10.6 Å². The number of hydrogen-bond donors (Lipinski definition) is 2. The van der Waals surface area contributed by atoms with Gasteiger partial charge in [0.05, 0.1) is 17.9 Å². The quantitative estimate of drug-likeness (QED) is 0.363. The highest BCUT2D eigenvalue weighted by molar-refractivity contribution is 6.74. The molecule has 0 saturated carbocycles. The highest BCUT2D eigenvalue weighted by atomic mass is 35.5. The molecule has 0 unspecified atom stereocenters. The third-order valence-electron chi connectivity index (χ3n) is 6.12. The van der Waals surface area contributed by atoms with Crippen LogP contribution in [0, 0.1) is 5.82 Å². The van der Waals surface area contributed by atoms with E-state index in [0.29, 0.717) is 21.9 Å². The van der Waals surface area contributed by atoms with Crippen LogP contribution in [0.25, 0.3) is 10.8 Å². The van der Waals surface area contributed by atoms with Gasteiger partial charge in [-0.25, -0.2) is 9.18 Å². The van der Waals surface area contributed by atoms with Crippen LogP contribution in [0.4, 0.5) is 10.1 Å². The van der Waals surface area contributed by atoms with E-state index in [0.717, 1.165) is 0 Å². The maximum atomic E-state index is 13.4. The number of anilines is 1. The fourth-order valence-corrected chi connectivity index (χ4v) is 4.20. The molecule has 3 aromatic carbocycles. The lowest BCUT2D eigenvalue weighted by molar-refractivity contribution is 0.0698. The SMILES string of the molecule is CC(C)(C)[Si](C)(C)OCc1cc(NC(=O)c2ccc3cc(F)ccc3c2)c(C(=O)O)cc1Cl. The molecule has 3 rings (SSSR count). The summed E-state index contributed by atoms with van der Waals surface area (Å²) < 4.78 is 19.6. The fourth-order valence-electron chi connectivity index (χ4n) is 3.04. The first-order valence-corrected chi connectivity index (χ1v) is 13.8. The van der Waals surface area contributed by atoms with Gasteiger partial charge in [0.1, 0.15) is 5.82 Å². The van der Waals surface area contributed by atoms with Gasteiger partial charge < -0.3 is 14.8 Å². The topological polar surface area (TPSA) is 75.6 Å². The molecule has 8 heteroatoms. The molecule has 0 saturated heterocycles. The Morgan fingerprint density at radius 2 is 1.70 bits per heavy atom. The molecule has 1 amide bonds. The molecule has 3 aromatic rings. The zero-order valence-corrected chi connectivity index (χ0v) is 21.0. The lowest BCUT2D eigenvalue weighted by Gasteiger charge is -2.36. The number of carbonyl (C=O) groups excluding carboxylic acids is 1. The number of halogens is 2. The van der Waals surface area contributed by atoms with Gasteiger partial charge in [0.2, 0.25) is 0 Å². The van der Waals surface area contributed by atoms with Crippen LogP contribution in [0.3, 0.4) is 0 Å². The van der Waals surface area contributed by atoms with Crippen molar-refractivity contribution in [2.45, 2.75) is 45.5 Å². The summed E-state index contributed by atoms with van der Waals surface area (Å²) in [5, 5.41) is 13.9. The first kappa shape index (κ1) is 24.9. The lowest BCUT2D eigenvalue weighted by Crippen LogP contribution is -2.40. The van der Waals surface area contributed by atoms with Gasteiger partial charge >= 0.3 is 5.97 Å². The maximum absolute atomic E-state index is 13.4. The van der Waals surface area contributed by atoms with E-state index in [1.807, 2.05) is 0 Å². The van der Waals surface area contributed by atoms with Crippen LogP contribution in [0.2, 0.25) is 23.2 Å². The average molecular weight is 488 g/mol. The third-order valence-corrected chi connectivity index (χ3v) is 11.0. The van der Waals surface area contributed by atoms with Crippen molar-refractivity contribution in [2.24, 2.45) is 0 Å². The minimum atomic E-state index is -2.07. The Bertz CT molecular complexity index is 1240. The van der Waals surface area contributed by atoms with E-state index in [9.17, 15) is 19.1 Å². The minimum absolute atomic E-state index is 0.00345. The largest absolute Gasteiger partial charge is 0.478 e. The number of hydrogen-bond acceptors (Lipinski definition) is 3. The summed E-state index contributed by atoms with van der Waals surface area (Å²) in [6.45, 7) is 10.8. The summed E-state index contributed by atoms with van der Waals surface area (Å²) >= 11 is 6.35. The normalized spacial score (nSPS) is 12.1. The highest BCUT2D eigenvalue weighted by Gasteiger charge is 2.37. The number of fused-ring (bicyclic) bond motifs is 1. The molecule has 0 aliphatic heterocycles. The van der Waals surface area contributed by atoms with Crippen molar-refractivity contribution >= 4 is 48.3 Å². The van der Waals surface area contributed by atoms with E-state index in [1.54, 1.807) is 30.3 Å². The summed E-state index contributed by atoms with van der Waals surface area (Å²) in [7, 11) is -2.07. The van der Waals surface area contributed by atoms with Crippen molar-refractivity contribution in [1.82, 2.24) is 0 Å². The van der Waals surface area contributed by atoms with E-state index in [4.69, 9.17) is 16.0 Å². The molecule has 0 bridgehead atoms. The number of aromatic carboxylic acids is 1. The van der Waals surface area contributed by atoms with Crippen LogP contribution in [-0.2, 0) is 11.0 Å². The molecule has 5 nitrogen and oxygen atoms in total. The standard InChI is InChI=1S/C25H27ClFNO4Si/c1-25(2,3)33(4,5)32-14-18-12-22(20(24(30)31)13-21(18)26)28-23(29)17-7-6-16-11-19(27)9-8-15(16)10-17/h6-13H,14H2,1-5H3,(H,28,29)(H,30,31). The van der Waals surface area contributed by atoms with Gasteiger partial charge in [-0.2, -0.15) is 0 Å². The van der Waals surface area contributed by atoms with Crippen molar-refractivity contribution in [1.29, 1.82) is 0 Å². The number of nitrogens with one attached hydrogen (secondary N) is 1.